The van der Waals surface area contributed by atoms with Crippen molar-refractivity contribution in [3.05, 3.63) is 41.0 Å². The zero-order valence-corrected chi connectivity index (χ0v) is 13.1. The highest BCUT2D eigenvalue weighted by atomic mass is 32.1. The van der Waals surface area contributed by atoms with Crippen LogP contribution in [0, 0.1) is 0 Å². The highest BCUT2D eigenvalue weighted by Gasteiger charge is 2.25. The predicted molar refractivity (Wildman–Crippen MR) is 85.9 cm³/mol. The molecule has 3 heterocycles. The third-order valence-electron chi connectivity index (χ3n) is 4.00. The Morgan fingerprint density at radius 3 is 3.00 bits per heavy atom. The number of primary amides is 1. The van der Waals surface area contributed by atoms with Crippen LogP contribution in [0.4, 0.5) is 5.00 Å². The number of rotatable bonds is 4. The van der Waals surface area contributed by atoms with Crippen LogP contribution in [0.2, 0.25) is 0 Å². The molecule has 0 spiro atoms. The molecule has 1 aliphatic rings. The monoisotopic (exact) mass is 318 g/mol. The largest absolute Gasteiger partial charge is 0.366 e. The maximum atomic E-state index is 12.2. The Labute approximate surface area is 132 Å². The molecule has 0 saturated heterocycles. The minimum absolute atomic E-state index is 0.128. The summed E-state index contributed by atoms with van der Waals surface area (Å²) in [6.45, 7) is 4.09. The van der Waals surface area contributed by atoms with Crippen molar-refractivity contribution in [2.75, 3.05) is 18.4 Å². The van der Waals surface area contributed by atoms with Gasteiger partial charge in [-0.05, 0) is 30.5 Å². The van der Waals surface area contributed by atoms with Gasteiger partial charge in [-0.15, -0.1) is 11.3 Å². The van der Waals surface area contributed by atoms with Crippen LogP contribution < -0.4 is 11.1 Å². The van der Waals surface area contributed by atoms with E-state index in [-0.39, 0.29) is 11.9 Å². The lowest BCUT2D eigenvalue weighted by Gasteiger charge is -2.34. The maximum Gasteiger partial charge on any atom is 0.251 e. The van der Waals surface area contributed by atoms with Gasteiger partial charge in [-0.3, -0.25) is 14.5 Å². The van der Waals surface area contributed by atoms with Gasteiger partial charge in [-0.25, -0.2) is 0 Å². The fourth-order valence-corrected chi connectivity index (χ4v) is 3.60. The summed E-state index contributed by atoms with van der Waals surface area (Å²) in [5.41, 5.74) is 6.86. The molecule has 116 valence electrons. The number of amides is 2. The number of anilines is 1. The van der Waals surface area contributed by atoms with Gasteiger partial charge < -0.3 is 15.6 Å². The van der Waals surface area contributed by atoms with Crippen molar-refractivity contribution >= 4 is 28.2 Å². The summed E-state index contributed by atoms with van der Waals surface area (Å²) in [4.78, 5) is 25.6. The van der Waals surface area contributed by atoms with E-state index in [1.165, 1.54) is 17.0 Å². The molecule has 3 rings (SSSR count). The van der Waals surface area contributed by atoms with Crippen LogP contribution in [-0.4, -0.2) is 34.4 Å². The van der Waals surface area contributed by atoms with Gasteiger partial charge in [-0.2, -0.15) is 0 Å². The molecule has 0 bridgehead atoms. The Balaban J connectivity index is 1.65. The van der Waals surface area contributed by atoms with Crippen LogP contribution in [0.25, 0.3) is 0 Å². The van der Waals surface area contributed by atoms with Gasteiger partial charge in [0.05, 0.1) is 12.1 Å². The van der Waals surface area contributed by atoms with Gasteiger partial charge in [0.25, 0.3) is 5.91 Å². The van der Waals surface area contributed by atoms with Gasteiger partial charge in [-0.1, -0.05) is 0 Å². The number of hydrogen-bond donors (Lipinski definition) is 2. The van der Waals surface area contributed by atoms with Crippen LogP contribution in [0.1, 0.15) is 29.0 Å². The molecular formula is C15H18N4O2S. The Morgan fingerprint density at radius 2 is 2.23 bits per heavy atom. The summed E-state index contributed by atoms with van der Waals surface area (Å²) >= 11 is 1.30. The summed E-state index contributed by atoms with van der Waals surface area (Å²) in [5, 5.41) is 5.05. The predicted octanol–water partition coefficient (Wildman–Crippen LogP) is 1.66. The van der Waals surface area contributed by atoms with Crippen molar-refractivity contribution in [3.63, 3.8) is 0 Å². The number of hydrogen-bond acceptors (Lipinski definition) is 4. The van der Waals surface area contributed by atoms with Crippen LogP contribution in [0.5, 0.6) is 0 Å². The van der Waals surface area contributed by atoms with E-state index in [2.05, 4.69) is 34.0 Å². The van der Waals surface area contributed by atoms with E-state index < -0.39 is 5.91 Å². The molecule has 0 aliphatic carbocycles. The average Bonchev–Trinajstić information content (AvgIpc) is 3.10. The number of nitrogens with two attached hydrogens (primary N) is 1. The van der Waals surface area contributed by atoms with E-state index in [9.17, 15) is 9.59 Å². The summed E-state index contributed by atoms with van der Waals surface area (Å²) in [6, 6.07) is 5.92. The first kappa shape index (κ1) is 14.8. The lowest BCUT2D eigenvalue weighted by atomic mass is 10.1. The molecule has 0 aromatic carbocycles. The zero-order valence-electron chi connectivity index (χ0n) is 12.3. The molecule has 2 aromatic heterocycles. The SMILES string of the molecule is C[C@H]1c2cccn2CCN1CC(=O)Nc1sccc1C(N)=O. The van der Waals surface area contributed by atoms with Crippen molar-refractivity contribution in [2.45, 2.75) is 19.5 Å². The number of nitrogens with zero attached hydrogens (tertiary/aromatic N) is 2. The lowest BCUT2D eigenvalue weighted by Crippen LogP contribution is -2.41. The number of aromatic nitrogens is 1. The second kappa shape index (κ2) is 5.94. The maximum absolute atomic E-state index is 12.2. The first-order valence-electron chi connectivity index (χ1n) is 7.12. The van der Waals surface area contributed by atoms with Crippen molar-refractivity contribution in [3.8, 4) is 0 Å². The second-order valence-electron chi connectivity index (χ2n) is 5.35. The molecule has 0 saturated carbocycles. The summed E-state index contributed by atoms with van der Waals surface area (Å²) in [6.07, 6.45) is 2.06. The summed E-state index contributed by atoms with van der Waals surface area (Å²) < 4.78 is 2.21. The van der Waals surface area contributed by atoms with Crippen LogP contribution in [-0.2, 0) is 11.3 Å². The standard InChI is InChI=1S/C15H18N4O2S/c1-10-12-3-2-5-18(12)6-7-19(10)9-13(20)17-15-11(14(16)21)4-8-22-15/h2-5,8,10H,6-7,9H2,1H3,(H2,16,21)(H,17,20)/t10-/m0/s1. The van der Waals surface area contributed by atoms with E-state index in [0.29, 0.717) is 17.1 Å². The molecule has 3 N–H and O–H groups in total. The topological polar surface area (TPSA) is 80.4 Å². The van der Waals surface area contributed by atoms with Gasteiger partial charge in [0.15, 0.2) is 0 Å². The van der Waals surface area contributed by atoms with E-state index in [1.807, 2.05) is 6.07 Å². The van der Waals surface area contributed by atoms with E-state index >= 15 is 0 Å². The normalized spacial score (nSPS) is 18.0. The fourth-order valence-electron chi connectivity index (χ4n) is 2.79. The van der Waals surface area contributed by atoms with Crippen molar-refractivity contribution in [2.24, 2.45) is 5.73 Å². The van der Waals surface area contributed by atoms with Crippen LogP contribution in [0.3, 0.4) is 0 Å². The van der Waals surface area contributed by atoms with E-state index in [4.69, 9.17) is 5.73 Å². The van der Waals surface area contributed by atoms with Crippen LogP contribution >= 0.6 is 11.3 Å². The molecular weight excluding hydrogens is 300 g/mol. The zero-order chi connectivity index (χ0) is 15.7. The lowest BCUT2D eigenvalue weighted by molar-refractivity contribution is -0.118. The van der Waals surface area contributed by atoms with Crippen LogP contribution in [0.15, 0.2) is 29.8 Å². The average molecular weight is 318 g/mol. The minimum Gasteiger partial charge on any atom is -0.366 e. The van der Waals surface area contributed by atoms with Crippen molar-refractivity contribution < 1.29 is 9.59 Å². The number of carbonyl (C=O) groups excluding carboxylic acids is 2. The molecule has 0 unspecified atom stereocenters. The Kier molecular flexibility index (Phi) is 4.00. The second-order valence-corrected chi connectivity index (χ2v) is 6.26. The first-order chi connectivity index (χ1) is 10.6. The molecule has 7 heteroatoms. The number of thiophene rings is 1. The molecule has 1 aliphatic heterocycles. The molecule has 6 nitrogen and oxygen atoms in total. The molecule has 0 radical (unpaired) electrons. The van der Waals surface area contributed by atoms with Crippen molar-refractivity contribution in [1.29, 1.82) is 0 Å². The molecule has 2 amide bonds. The quantitative estimate of drug-likeness (QED) is 0.900. The third kappa shape index (κ3) is 2.77. The fraction of sp³-hybridized carbons (Fsp3) is 0.333. The van der Waals surface area contributed by atoms with Gasteiger partial charge in [0.1, 0.15) is 5.00 Å². The number of fused-ring (bicyclic) bond motifs is 1. The Bertz CT molecular complexity index is 706. The Morgan fingerprint density at radius 1 is 1.41 bits per heavy atom. The number of carbonyl (C=O) groups is 2. The molecule has 22 heavy (non-hydrogen) atoms. The smallest absolute Gasteiger partial charge is 0.251 e. The first-order valence-corrected chi connectivity index (χ1v) is 8.00. The van der Waals surface area contributed by atoms with E-state index in [1.54, 1.807) is 11.4 Å². The summed E-state index contributed by atoms with van der Waals surface area (Å²) in [7, 11) is 0. The highest BCUT2D eigenvalue weighted by molar-refractivity contribution is 7.14. The number of nitrogens with one attached hydrogen (secondary N) is 1. The molecule has 0 fully saturated rings. The summed E-state index contributed by atoms with van der Waals surface area (Å²) in [5.74, 6) is -0.655. The van der Waals surface area contributed by atoms with Crippen molar-refractivity contribution in [1.82, 2.24) is 9.47 Å². The van der Waals surface area contributed by atoms with E-state index in [0.717, 1.165) is 13.1 Å². The van der Waals surface area contributed by atoms with Gasteiger partial charge in [0.2, 0.25) is 5.91 Å². The Hall–Kier alpha value is -2.12. The molecule has 1 atom stereocenters. The molecule has 2 aromatic rings. The van der Waals surface area contributed by atoms with Gasteiger partial charge in [0, 0.05) is 31.0 Å². The third-order valence-corrected chi connectivity index (χ3v) is 4.83. The minimum atomic E-state index is -0.527. The highest BCUT2D eigenvalue weighted by Crippen LogP contribution is 2.26. The van der Waals surface area contributed by atoms with Gasteiger partial charge >= 0.3 is 0 Å².